The van der Waals surface area contributed by atoms with E-state index in [9.17, 15) is 4.79 Å². The SMILES string of the molecule is CC(CSC1C2CC3CC(C2)CC1C3)C(=O)O. The van der Waals surface area contributed by atoms with Gasteiger partial charge >= 0.3 is 5.97 Å². The summed E-state index contributed by atoms with van der Waals surface area (Å²) in [6, 6.07) is 0. The van der Waals surface area contributed by atoms with E-state index >= 15 is 0 Å². The van der Waals surface area contributed by atoms with E-state index in [1.165, 1.54) is 32.1 Å². The maximum atomic E-state index is 10.9. The number of aliphatic carboxylic acids is 1. The largest absolute Gasteiger partial charge is 0.481 e. The molecule has 4 aliphatic rings. The summed E-state index contributed by atoms with van der Waals surface area (Å²) in [7, 11) is 0. The van der Waals surface area contributed by atoms with Crippen LogP contribution in [0.5, 0.6) is 0 Å². The van der Waals surface area contributed by atoms with Gasteiger partial charge in [-0.05, 0) is 55.8 Å². The number of carboxylic acids is 1. The van der Waals surface area contributed by atoms with Crippen molar-refractivity contribution in [3.63, 3.8) is 0 Å². The molecule has 2 nitrogen and oxygen atoms in total. The van der Waals surface area contributed by atoms with E-state index in [2.05, 4.69) is 0 Å². The monoisotopic (exact) mass is 254 g/mol. The molecule has 0 aromatic rings. The highest BCUT2D eigenvalue weighted by Gasteiger charge is 2.48. The maximum Gasteiger partial charge on any atom is 0.307 e. The second-order valence-electron chi connectivity index (χ2n) is 6.47. The van der Waals surface area contributed by atoms with Gasteiger partial charge in [-0.1, -0.05) is 6.92 Å². The molecule has 0 amide bonds. The molecule has 4 rings (SSSR count). The van der Waals surface area contributed by atoms with Crippen LogP contribution in [0.1, 0.15) is 39.0 Å². The summed E-state index contributed by atoms with van der Waals surface area (Å²) in [4.78, 5) is 10.9. The number of rotatable bonds is 4. The van der Waals surface area contributed by atoms with Gasteiger partial charge in [0, 0.05) is 11.0 Å². The quantitative estimate of drug-likeness (QED) is 0.836. The highest BCUT2D eigenvalue weighted by atomic mass is 32.2. The molecular weight excluding hydrogens is 232 g/mol. The Kier molecular flexibility index (Phi) is 3.14. The van der Waals surface area contributed by atoms with Gasteiger partial charge in [-0.25, -0.2) is 0 Å². The lowest BCUT2D eigenvalue weighted by Crippen LogP contribution is -2.47. The van der Waals surface area contributed by atoms with Crippen molar-refractivity contribution in [2.45, 2.75) is 44.3 Å². The summed E-state index contributed by atoms with van der Waals surface area (Å²) < 4.78 is 0. The molecule has 4 fully saturated rings. The molecule has 1 unspecified atom stereocenters. The van der Waals surface area contributed by atoms with E-state index < -0.39 is 5.97 Å². The molecule has 17 heavy (non-hydrogen) atoms. The minimum atomic E-state index is -0.638. The second kappa shape index (κ2) is 4.49. The molecule has 0 aromatic heterocycles. The van der Waals surface area contributed by atoms with E-state index in [1.807, 2.05) is 18.7 Å². The molecule has 0 radical (unpaired) electrons. The summed E-state index contributed by atoms with van der Waals surface area (Å²) in [5, 5.41) is 9.73. The first-order chi connectivity index (χ1) is 8.13. The topological polar surface area (TPSA) is 37.3 Å². The second-order valence-corrected chi connectivity index (χ2v) is 7.68. The van der Waals surface area contributed by atoms with Crippen LogP contribution in [0, 0.1) is 29.6 Å². The van der Waals surface area contributed by atoms with Crippen LogP contribution >= 0.6 is 11.8 Å². The fraction of sp³-hybridized carbons (Fsp3) is 0.929. The van der Waals surface area contributed by atoms with Crippen molar-refractivity contribution in [2.75, 3.05) is 5.75 Å². The average molecular weight is 254 g/mol. The number of hydrogen-bond donors (Lipinski definition) is 1. The molecule has 4 aliphatic carbocycles. The van der Waals surface area contributed by atoms with Crippen LogP contribution in [0.4, 0.5) is 0 Å². The highest BCUT2D eigenvalue weighted by molar-refractivity contribution is 7.99. The third kappa shape index (κ3) is 2.23. The van der Waals surface area contributed by atoms with Crippen LogP contribution < -0.4 is 0 Å². The van der Waals surface area contributed by atoms with E-state index in [0.717, 1.165) is 34.7 Å². The van der Waals surface area contributed by atoms with E-state index in [0.29, 0.717) is 0 Å². The Labute approximate surface area is 108 Å². The van der Waals surface area contributed by atoms with Crippen LogP contribution in [0.3, 0.4) is 0 Å². The number of hydrogen-bond acceptors (Lipinski definition) is 2. The Morgan fingerprint density at radius 3 is 2.18 bits per heavy atom. The Balaban J connectivity index is 1.59. The lowest BCUT2D eigenvalue weighted by molar-refractivity contribution is -0.140. The van der Waals surface area contributed by atoms with Gasteiger partial charge < -0.3 is 5.11 Å². The zero-order valence-electron chi connectivity index (χ0n) is 10.5. The van der Waals surface area contributed by atoms with E-state index in [1.54, 1.807) is 0 Å². The smallest absolute Gasteiger partial charge is 0.307 e. The van der Waals surface area contributed by atoms with Gasteiger partial charge in [-0.15, -0.1) is 0 Å². The summed E-state index contributed by atoms with van der Waals surface area (Å²) in [5.74, 6) is 3.85. The van der Waals surface area contributed by atoms with Gasteiger partial charge in [-0.2, -0.15) is 11.8 Å². The molecule has 0 heterocycles. The zero-order chi connectivity index (χ0) is 12.0. The van der Waals surface area contributed by atoms with Crippen LogP contribution in [-0.2, 0) is 4.79 Å². The van der Waals surface area contributed by atoms with Crippen LogP contribution in [0.15, 0.2) is 0 Å². The average Bonchev–Trinajstić information content (AvgIpc) is 2.26. The Bertz CT molecular complexity index is 287. The molecule has 1 atom stereocenters. The minimum Gasteiger partial charge on any atom is -0.481 e. The third-order valence-electron chi connectivity index (χ3n) is 5.10. The highest BCUT2D eigenvalue weighted by Crippen LogP contribution is 2.57. The summed E-state index contributed by atoms with van der Waals surface area (Å²) >= 11 is 1.97. The van der Waals surface area contributed by atoms with Crippen LogP contribution in [-0.4, -0.2) is 22.1 Å². The van der Waals surface area contributed by atoms with Crippen molar-refractivity contribution in [3.05, 3.63) is 0 Å². The maximum absolute atomic E-state index is 10.9. The van der Waals surface area contributed by atoms with Gasteiger partial charge in [-0.3, -0.25) is 4.79 Å². The lowest BCUT2D eigenvalue weighted by atomic mass is 9.56. The fourth-order valence-electron chi connectivity index (χ4n) is 4.47. The van der Waals surface area contributed by atoms with Crippen molar-refractivity contribution < 1.29 is 9.90 Å². The molecule has 3 heteroatoms. The van der Waals surface area contributed by atoms with Gasteiger partial charge in [0.25, 0.3) is 0 Å². The molecule has 0 aliphatic heterocycles. The molecule has 0 aromatic carbocycles. The van der Waals surface area contributed by atoms with E-state index in [-0.39, 0.29) is 5.92 Å². The first-order valence-electron chi connectivity index (χ1n) is 6.98. The van der Waals surface area contributed by atoms with Crippen molar-refractivity contribution in [1.82, 2.24) is 0 Å². The van der Waals surface area contributed by atoms with E-state index in [4.69, 9.17) is 5.11 Å². The minimum absolute atomic E-state index is 0.183. The fourth-order valence-corrected chi connectivity index (χ4v) is 6.12. The van der Waals surface area contributed by atoms with Crippen molar-refractivity contribution in [3.8, 4) is 0 Å². The molecule has 1 N–H and O–H groups in total. The number of thioether (sulfide) groups is 1. The number of carboxylic acid groups (broad SMARTS) is 1. The first kappa shape index (κ1) is 11.9. The van der Waals surface area contributed by atoms with Crippen molar-refractivity contribution in [1.29, 1.82) is 0 Å². The first-order valence-corrected chi connectivity index (χ1v) is 8.02. The molecular formula is C14H22O2S. The Hall–Kier alpha value is -0.180. The molecule has 4 saturated carbocycles. The standard InChI is InChI=1S/C14H22O2S/c1-8(14(15)16)7-17-13-11-3-9-2-10(5-11)6-12(13)4-9/h8-13H,2-7H2,1H3,(H,15,16). The zero-order valence-corrected chi connectivity index (χ0v) is 11.3. The Morgan fingerprint density at radius 1 is 1.18 bits per heavy atom. The van der Waals surface area contributed by atoms with Gasteiger partial charge in [0.2, 0.25) is 0 Å². The predicted octanol–water partition coefficient (Wildman–Crippen LogP) is 3.27. The van der Waals surface area contributed by atoms with Crippen LogP contribution in [0.25, 0.3) is 0 Å². The van der Waals surface area contributed by atoms with Gasteiger partial charge in [0.15, 0.2) is 0 Å². The molecule has 0 spiro atoms. The van der Waals surface area contributed by atoms with Crippen molar-refractivity contribution in [2.24, 2.45) is 29.6 Å². The normalized spacial score (nSPS) is 44.9. The molecule has 0 saturated heterocycles. The van der Waals surface area contributed by atoms with Crippen molar-refractivity contribution >= 4 is 17.7 Å². The predicted molar refractivity (Wildman–Crippen MR) is 70.1 cm³/mol. The van der Waals surface area contributed by atoms with Gasteiger partial charge in [0.1, 0.15) is 0 Å². The summed E-state index contributed by atoms with van der Waals surface area (Å²) in [6.45, 7) is 1.84. The number of carbonyl (C=O) groups is 1. The lowest BCUT2D eigenvalue weighted by Gasteiger charge is -2.54. The molecule has 4 bridgehead atoms. The molecule has 96 valence electrons. The van der Waals surface area contributed by atoms with Crippen LogP contribution in [0.2, 0.25) is 0 Å². The van der Waals surface area contributed by atoms with Gasteiger partial charge in [0.05, 0.1) is 5.92 Å². The summed E-state index contributed by atoms with van der Waals surface area (Å²) in [6.07, 6.45) is 7.24. The Morgan fingerprint density at radius 2 is 1.71 bits per heavy atom. The summed E-state index contributed by atoms with van der Waals surface area (Å²) in [5.41, 5.74) is 0. The third-order valence-corrected chi connectivity index (χ3v) is 6.95.